The first-order chi connectivity index (χ1) is 9.06. The number of pyridine rings is 1. The van der Waals surface area contributed by atoms with Crippen LogP contribution in [-0.4, -0.2) is 22.8 Å². The molecule has 0 aliphatic carbocycles. The Morgan fingerprint density at radius 1 is 1.26 bits per heavy atom. The number of benzene rings is 1. The molecule has 98 valence electrons. The smallest absolute Gasteiger partial charge is 0.255 e. The largest absolute Gasteiger partial charge is 0.337 e. The normalized spacial score (nSPS) is 10.3. The van der Waals surface area contributed by atoms with Gasteiger partial charge in [-0.15, -0.1) is 0 Å². The van der Waals surface area contributed by atoms with Gasteiger partial charge in [0.2, 0.25) is 5.95 Å². The van der Waals surface area contributed by atoms with E-state index in [0.717, 1.165) is 10.0 Å². The summed E-state index contributed by atoms with van der Waals surface area (Å²) in [4.78, 5) is 17.1. The summed E-state index contributed by atoms with van der Waals surface area (Å²) in [5, 5.41) is 0. The Morgan fingerprint density at radius 3 is 2.53 bits per heavy atom. The minimum absolute atomic E-state index is 0.185. The third kappa shape index (κ3) is 3.61. The predicted octanol–water partition coefficient (Wildman–Crippen LogP) is 3.26. The van der Waals surface area contributed by atoms with Gasteiger partial charge in [0, 0.05) is 24.3 Å². The predicted molar refractivity (Wildman–Crippen MR) is 74.1 cm³/mol. The molecular weight excluding hydrogens is 311 g/mol. The zero-order valence-electron chi connectivity index (χ0n) is 10.3. The van der Waals surface area contributed by atoms with E-state index in [1.54, 1.807) is 11.9 Å². The highest BCUT2D eigenvalue weighted by atomic mass is 79.9. The van der Waals surface area contributed by atoms with Crippen molar-refractivity contribution in [2.75, 3.05) is 7.05 Å². The average molecular weight is 323 g/mol. The minimum Gasteiger partial charge on any atom is -0.337 e. The van der Waals surface area contributed by atoms with Crippen molar-refractivity contribution in [2.24, 2.45) is 0 Å². The van der Waals surface area contributed by atoms with Gasteiger partial charge in [-0.25, -0.2) is 4.98 Å². The topological polar surface area (TPSA) is 33.2 Å². The van der Waals surface area contributed by atoms with Gasteiger partial charge in [0.05, 0.1) is 5.56 Å². The van der Waals surface area contributed by atoms with Crippen LogP contribution in [0.1, 0.15) is 15.9 Å². The zero-order chi connectivity index (χ0) is 13.8. The molecule has 1 amide bonds. The van der Waals surface area contributed by atoms with Crippen molar-refractivity contribution in [3.05, 3.63) is 64.1 Å². The third-order valence-electron chi connectivity index (χ3n) is 2.65. The number of hydrogen-bond donors (Lipinski definition) is 0. The first-order valence-electron chi connectivity index (χ1n) is 5.68. The molecule has 5 heteroatoms. The lowest BCUT2D eigenvalue weighted by atomic mass is 10.2. The molecule has 0 saturated heterocycles. The molecule has 0 spiro atoms. The second-order valence-electron chi connectivity index (χ2n) is 4.16. The molecule has 0 aliphatic heterocycles. The molecule has 0 N–H and O–H groups in total. The van der Waals surface area contributed by atoms with Crippen molar-refractivity contribution >= 4 is 21.8 Å². The molecule has 2 rings (SSSR count). The molecule has 3 nitrogen and oxygen atoms in total. The number of hydrogen-bond acceptors (Lipinski definition) is 2. The number of carbonyl (C=O) groups is 1. The van der Waals surface area contributed by atoms with E-state index in [4.69, 9.17) is 0 Å². The van der Waals surface area contributed by atoms with Crippen LogP contribution in [0.4, 0.5) is 4.39 Å². The van der Waals surface area contributed by atoms with Crippen molar-refractivity contribution in [1.29, 1.82) is 0 Å². The van der Waals surface area contributed by atoms with Gasteiger partial charge in [0.1, 0.15) is 0 Å². The molecular formula is C14H12BrFN2O. The molecule has 0 unspecified atom stereocenters. The van der Waals surface area contributed by atoms with Crippen LogP contribution >= 0.6 is 15.9 Å². The maximum Gasteiger partial charge on any atom is 0.255 e. The van der Waals surface area contributed by atoms with Crippen molar-refractivity contribution in [2.45, 2.75) is 6.54 Å². The summed E-state index contributed by atoms with van der Waals surface area (Å²) >= 11 is 3.36. The summed E-state index contributed by atoms with van der Waals surface area (Å²) < 4.78 is 13.7. The molecule has 2 aromatic rings. The van der Waals surface area contributed by atoms with E-state index < -0.39 is 5.95 Å². The SMILES string of the molecule is CN(Cc1ccc(Br)cc1)C(=O)c1ccc(F)nc1. The minimum atomic E-state index is -0.591. The lowest BCUT2D eigenvalue weighted by Crippen LogP contribution is -2.26. The Labute approximate surface area is 119 Å². The molecule has 1 heterocycles. The van der Waals surface area contributed by atoms with Crippen LogP contribution in [0.3, 0.4) is 0 Å². The summed E-state index contributed by atoms with van der Waals surface area (Å²) in [6, 6.07) is 10.3. The maximum atomic E-state index is 12.7. The number of amides is 1. The van der Waals surface area contributed by atoms with Gasteiger partial charge >= 0.3 is 0 Å². The van der Waals surface area contributed by atoms with Crippen molar-refractivity contribution in [1.82, 2.24) is 9.88 Å². The van der Waals surface area contributed by atoms with Gasteiger partial charge in [-0.05, 0) is 29.8 Å². The Bertz CT molecular complexity index is 569. The van der Waals surface area contributed by atoms with Gasteiger partial charge < -0.3 is 4.90 Å². The Hall–Kier alpha value is -1.75. The Morgan fingerprint density at radius 2 is 1.95 bits per heavy atom. The van der Waals surface area contributed by atoms with Crippen LogP contribution in [-0.2, 0) is 6.54 Å². The molecule has 0 aliphatic rings. The van der Waals surface area contributed by atoms with E-state index >= 15 is 0 Å². The Balaban J connectivity index is 2.07. The van der Waals surface area contributed by atoms with Gasteiger partial charge in [-0.3, -0.25) is 4.79 Å². The van der Waals surface area contributed by atoms with E-state index in [2.05, 4.69) is 20.9 Å². The van der Waals surface area contributed by atoms with Crippen LogP contribution < -0.4 is 0 Å². The fraction of sp³-hybridized carbons (Fsp3) is 0.143. The van der Waals surface area contributed by atoms with Gasteiger partial charge in [0.15, 0.2) is 0 Å². The third-order valence-corrected chi connectivity index (χ3v) is 3.18. The molecule has 0 atom stereocenters. The first-order valence-corrected chi connectivity index (χ1v) is 6.47. The highest BCUT2D eigenvalue weighted by Crippen LogP contribution is 2.13. The molecule has 0 fully saturated rings. The van der Waals surface area contributed by atoms with E-state index in [1.807, 2.05) is 24.3 Å². The van der Waals surface area contributed by atoms with Gasteiger partial charge in [0.25, 0.3) is 5.91 Å². The van der Waals surface area contributed by atoms with E-state index in [9.17, 15) is 9.18 Å². The Kier molecular flexibility index (Phi) is 4.27. The van der Waals surface area contributed by atoms with Crippen molar-refractivity contribution in [3.8, 4) is 0 Å². The summed E-state index contributed by atoms with van der Waals surface area (Å²) in [6.07, 6.45) is 1.25. The van der Waals surface area contributed by atoms with Gasteiger partial charge in [-0.1, -0.05) is 28.1 Å². The number of nitrogens with zero attached hydrogens (tertiary/aromatic N) is 2. The zero-order valence-corrected chi connectivity index (χ0v) is 11.9. The summed E-state index contributed by atoms with van der Waals surface area (Å²) in [5.74, 6) is -0.775. The second-order valence-corrected chi connectivity index (χ2v) is 5.07. The maximum absolute atomic E-state index is 12.7. The first kappa shape index (κ1) is 13.7. The monoisotopic (exact) mass is 322 g/mol. The second kappa shape index (κ2) is 5.93. The number of aromatic nitrogens is 1. The fourth-order valence-corrected chi connectivity index (χ4v) is 1.92. The van der Waals surface area contributed by atoms with E-state index in [0.29, 0.717) is 12.1 Å². The van der Waals surface area contributed by atoms with Gasteiger partial charge in [-0.2, -0.15) is 4.39 Å². The molecule has 1 aromatic carbocycles. The standard InChI is InChI=1S/C14H12BrFN2O/c1-18(9-10-2-5-12(15)6-3-10)14(19)11-4-7-13(16)17-8-11/h2-8H,9H2,1H3. The lowest BCUT2D eigenvalue weighted by molar-refractivity contribution is 0.0784. The molecule has 0 radical (unpaired) electrons. The van der Waals surface area contributed by atoms with Crippen molar-refractivity contribution in [3.63, 3.8) is 0 Å². The summed E-state index contributed by atoms with van der Waals surface area (Å²) in [5.41, 5.74) is 1.40. The molecule has 1 aromatic heterocycles. The summed E-state index contributed by atoms with van der Waals surface area (Å²) in [6.45, 7) is 0.490. The van der Waals surface area contributed by atoms with Crippen LogP contribution in [0, 0.1) is 5.95 Å². The highest BCUT2D eigenvalue weighted by molar-refractivity contribution is 9.10. The van der Waals surface area contributed by atoms with Crippen LogP contribution in [0.15, 0.2) is 47.1 Å². The molecule has 0 bridgehead atoms. The average Bonchev–Trinajstić information content (AvgIpc) is 2.41. The van der Waals surface area contributed by atoms with Crippen LogP contribution in [0.2, 0.25) is 0 Å². The molecule has 19 heavy (non-hydrogen) atoms. The quantitative estimate of drug-likeness (QED) is 0.813. The number of rotatable bonds is 3. The lowest BCUT2D eigenvalue weighted by Gasteiger charge is -2.17. The van der Waals surface area contributed by atoms with E-state index in [-0.39, 0.29) is 5.91 Å². The van der Waals surface area contributed by atoms with E-state index in [1.165, 1.54) is 18.3 Å². The number of carbonyl (C=O) groups excluding carboxylic acids is 1. The van der Waals surface area contributed by atoms with Crippen LogP contribution in [0.5, 0.6) is 0 Å². The van der Waals surface area contributed by atoms with Crippen molar-refractivity contribution < 1.29 is 9.18 Å². The molecule has 0 saturated carbocycles. The summed E-state index contributed by atoms with van der Waals surface area (Å²) in [7, 11) is 1.70. The van der Waals surface area contributed by atoms with Crippen LogP contribution in [0.25, 0.3) is 0 Å². The fourth-order valence-electron chi connectivity index (χ4n) is 1.66. The highest BCUT2D eigenvalue weighted by Gasteiger charge is 2.12. The number of halogens is 2.